The molecule has 0 radical (unpaired) electrons. The highest BCUT2D eigenvalue weighted by molar-refractivity contribution is 7.80. The molecular formula is C14H20N2OS. The highest BCUT2D eigenvalue weighted by Gasteiger charge is 2.16. The van der Waals surface area contributed by atoms with Crippen molar-refractivity contribution in [2.75, 3.05) is 0 Å². The van der Waals surface area contributed by atoms with E-state index in [4.69, 9.17) is 18.0 Å². The summed E-state index contributed by atoms with van der Waals surface area (Å²) in [5, 5.41) is 2.88. The average Bonchev–Trinajstić information content (AvgIpc) is 2.34. The number of nitrogens with one attached hydrogen (secondary N) is 1. The molecule has 1 rings (SSSR count). The molecule has 0 heterocycles. The smallest absolute Gasteiger partial charge is 0.220 e. The summed E-state index contributed by atoms with van der Waals surface area (Å²) < 4.78 is 0. The van der Waals surface area contributed by atoms with Crippen molar-refractivity contribution in [2.45, 2.75) is 32.7 Å². The third kappa shape index (κ3) is 4.84. The Morgan fingerprint density at radius 2 is 1.94 bits per heavy atom. The summed E-state index contributed by atoms with van der Waals surface area (Å²) in [4.78, 5) is 12.1. The van der Waals surface area contributed by atoms with Crippen LogP contribution in [-0.2, 0) is 4.79 Å². The number of thiocarbonyl (C=S) groups is 1. The molecule has 1 aromatic rings. The molecule has 1 amide bonds. The van der Waals surface area contributed by atoms with Gasteiger partial charge in [0.15, 0.2) is 0 Å². The van der Waals surface area contributed by atoms with Gasteiger partial charge in [-0.05, 0) is 17.9 Å². The zero-order valence-corrected chi connectivity index (χ0v) is 11.7. The third-order valence-electron chi connectivity index (χ3n) is 2.67. The summed E-state index contributed by atoms with van der Waals surface area (Å²) in [5.74, 6) is 0.501. The Morgan fingerprint density at radius 1 is 1.33 bits per heavy atom. The van der Waals surface area contributed by atoms with Crippen LogP contribution in [0.1, 0.15) is 38.3 Å². The monoisotopic (exact) mass is 264 g/mol. The predicted octanol–water partition coefficient (Wildman–Crippen LogP) is 2.57. The molecule has 0 bridgehead atoms. The Hall–Kier alpha value is -1.42. The van der Waals surface area contributed by atoms with Crippen LogP contribution >= 0.6 is 12.2 Å². The van der Waals surface area contributed by atoms with E-state index >= 15 is 0 Å². The van der Waals surface area contributed by atoms with Crippen molar-refractivity contribution in [1.82, 2.24) is 5.32 Å². The Bertz CT molecular complexity index is 404. The predicted molar refractivity (Wildman–Crippen MR) is 78.2 cm³/mol. The maximum absolute atomic E-state index is 11.8. The third-order valence-corrected chi connectivity index (χ3v) is 2.91. The van der Waals surface area contributed by atoms with Crippen molar-refractivity contribution in [3.63, 3.8) is 0 Å². The first-order chi connectivity index (χ1) is 8.50. The van der Waals surface area contributed by atoms with Crippen molar-refractivity contribution in [2.24, 2.45) is 11.7 Å². The second kappa shape index (κ2) is 7.11. The van der Waals surface area contributed by atoms with Crippen LogP contribution in [0.5, 0.6) is 0 Å². The summed E-state index contributed by atoms with van der Waals surface area (Å²) in [6.07, 6.45) is 1.37. The molecule has 0 fully saturated rings. The van der Waals surface area contributed by atoms with E-state index in [1.165, 1.54) is 0 Å². The van der Waals surface area contributed by atoms with Gasteiger partial charge in [0.1, 0.15) is 11.0 Å². The van der Waals surface area contributed by atoms with Crippen molar-refractivity contribution in [1.29, 1.82) is 0 Å². The van der Waals surface area contributed by atoms with Gasteiger partial charge in [-0.1, -0.05) is 56.4 Å². The second-order valence-electron chi connectivity index (χ2n) is 4.75. The highest BCUT2D eigenvalue weighted by Crippen LogP contribution is 2.13. The molecule has 0 aliphatic rings. The lowest BCUT2D eigenvalue weighted by Gasteiger charge is -2.18. The first kappa shape index (κ1) is 14.6. The number of amides is 1. The standard InChI is InChI=1S/C14H20N2OS/c1-10(2)8-9-12(17)16-13(14(15)18)11-6-4-3-5-7-11/h3-7,10,13H,8-9H2,1-2H3,(H2,15,18)(H,16,17). The van der Waals surface area contributed by atoms with Crippen molar-refractivity contribution >= 4 is 23.1 Å². The zero-order chi connectivity index (χ0) is 13.5. The van der Waals surface area contributed by atoms with Gasteiger partial charge in [-0.25, -0.2) is 0 Å². The molecule has 0 aromatic heterocycles. The summed E-state index contributed by atoms with van der Waals surface area (Å²) >= 11 is 5.02. The molecule has 0 saturated carbocycles. The van der Waals surface area contributed by atoms with E-state index in [9.17, 15) is 4.79 Å². The van der Waals surface area contributed by atoms with Gasteiger partial charge in [0, 0.05) is 6.42 Å². The lowest BCUT2D eigenvalue weighted by molar-refractivity contribution is -0.121. The van der Waals surface area contributed by atoms with E-state index in [0.717, 1.165) is 12.0 Å². The van der Waals surface area contributed by atoms with Gasteiger partial charge in [0.05, 0.1) is 0 Å². The zero-order valence-electron chi connectivity index (χ0n) is 10.8. The lowest BCUT2D eigenvalue weighted by atomic mass is 10.1. The van der Waals surface area contributed by atoms with Crippen LogP contribution in [0.15, 0.2) is 30.3 Å². The normalized spacial score (nSPS) is 12.2. The van der Waals surface area contributed by atoms with Gasteiger partial charge < -0.3 is 11.1 Å². The second-order valence-corrected chi connectivity index (χ2v) is 5.22. The maximum atomic E-state index is 11.8. The molecule has 4 heteroatoms. The van der Waals surface area contributed by atoms with Gasteiger partial charge in [0.25, 0.3) is 0 Å². The fourth-order valence-electron chi connectivity index (χ4n) is 1.62. The number of carbonyl (C=O) groups is 1. The minimum Gasteiger partial charge on any atom is -0.391 e. The molecule has 0 saturated heterocycles. The van der Waals surface area contributed by atoms with Crippen LogP contribution in [0.25, 0.3) is 0 Å². The summed E-state index contributed by atoms with van der Waals surface area (Å²) in [5.41, 5.74) is 6.61. The van der Waals surface area contributed by atoms with E-state index < -0.39 is 0 Å². The quantitative estimate of drug-likeness (QED) is 0.776. The fraction of sp³-hybridized carbons (Fsp3) is 0.429. The van der Waals surface area contributed by atoms with Crippen molar-refractivity contribution in [3.05, 3.63) is 35.9 Å². The Kier molecular flexibility index (Phi) is 5.78. The van der Waals surface area contributed by atoms with Crippen molar-refractivity contribution < 1.29 is 4.79 Å². The molecule has 0 aliphatic carbocycles. The van der Waals surface area contributed by atoms with Gasteiger partial charge in [-0.15, -0.1) is 0 Å². The largest absolute Gasteiger partial charge is 0.391 e. The highest BCUT2D eigenvalue weighted by atomic mass is 32.1. The Morgan fingerprint density at radius 3 is 2.44 bits per heavy atom. The first-order valence-electron chi connectivity index (χ1n) is 6.14. The van der Waals surface area contributed by atoms with Gasteiger partial charge in [-0.3, -0.25) is 4.79 Å². The van der Waals surface area contributed by atoms with Crippen LogP contribution in [0.3, 0.4) is 0 Å². The summed E-state index contributed by atoms with van der Waals surface area (Å²) in [6.45, 7) is 4.19. The van der Waals surface area contributed by atoms with Gasteiger partial charge >= 0.3 is 0 Å². The number of hydrogen-bond donors (Lipinski definition) is 2. The Balaban J connectivity index is 2.65. The molecule has 0 aliphatic heterocycles. The van der Waals surface area contributed by atoms with Crippen LogP contribution in [0, 0.1) is 5.92 Å². The number of nitrogens with two attached hydrogens (primary N) is 1. The molecule has 18 heavy (non-hydrogen) atoms. The van der Waals surface area contributed by atoms with Crippen LogP contribution in [0.2, 0.25) is 0 Å². The van der Waals surface area contributed by atoms with E-state index in [2.05, 4.69) is 19.2 Å². The molecule has 0 spiro atoms. The summed E-state index contributed by atoms with van der Waals surface area (Å²) in [7, 11) is 0. The van der Waals surface area contributed by atoms with Crippen LogP contribution in [-0.4, -0.2) is 10.9 Å². The van der Waals surface area contributed by atoms with Crippen LogP contribution < -0.4 is 11.1 Å². The molecule has 3 N–H and O–H groups in total. The van der Waals surface area contributed by atoms with E-state index in [1.807, 2.05) is 30.3 Å². The molecular weight excluding hydrogens is 244 g/mol. The van der Waals surface area contributed by atoms with Crippen LogP contribution in [0.4, 0.5) is 0 Å². The Labute approximate surface area is 114 Å². The molecule has 1 unspecified atom stereocenters. The lowest BCUT2D eigenvalue weighted by Crippen LogP contribution is -2.36. The molecule has 1 atom stereocenters. The van der Waals surface area contributed by atoms with Gasteiger partial charge in [0.2, 0.25) is 5.91 Å². The SMILES string of the molecule is CC(C)CCC(=O)NC(C(N)=S)c1ccccc1. The minimum absolute atomic E-state index is 0.00893. The topological polar surface area (TPSA) is 55.1 Å². The number of carbonyl (C=O) groups excluding carboxylic acids is 1. The fourth-order valence-corrected chi connectivity index (χ4v) is 1.81. The molecule has 3 nitrogen and oxygen atoms in total. The minimum atomic E-state index is -0.374. The van der Waals surface area contributed by atoms with E-state index in [1.54, 1.807) is 0 Å². The molecule has 98 valence electrons. The maximum Gasteiger partial charge on any atom is 0.220 e. The van der Waals surface area contributed by atoms with E-state index in [-0.39, 0.29) is 11.9 Å². The summed E-state index contributed by atoms with van der Waals surface area (Å²) in [6, 6.07) is 9.17. The molecule has 1 aromatic carbocycles. The van der Waals surface area contributed by atoms with Gasteiger partial charge in [-0.2, -0.15) is 0 Å². The van der Waals surface area contributed by atoms with Crippen molar-refractivity contribution in [3.8, 4) is 0 Å². The van der Waals surface area contributed by atoms with E-state index in [0.29, 0.717) is 17.3 Å². The number of hydrogen-bond acceptors (Lipinski definition) is 2. The number of rotatable bonds is 6. The average molecular weight is 264 g/mol. The first-order valence-corrected chi connectivity index (χ1v) is 6.55. The number of benzene rings is 1.